The Morgan fingerprint density at radius 2 is 0.833 bits per heavy atom. The Labute approximate surface area is 501 Å². The minimum Gasteiger partial charge on any atom is -0.394 e. The molecular formula is C65H111NO18. The highest BCUT2D eigenvalue weighted by molar-refractivity contribution is 5.76. The minimum absolute atomic E-state index is 0.192. The molecule has 84 heavy (non-hydrogen) atoms. The largest absolute Gasteiger partial charge is 0.394 e. The van der Waals surface area contributed by atoms with Crippen molar-refractivity contribution in [2.75, 3.05) is 26.4 Å². The Morgan fingerprint density at radius 3 is 1.33 bits per heavy atom. The van der Waals surface area contributed by atoms with Crippen molar-refractivity contribution in [2.24, 2.45) is 0 Å². The molecule has 0 radical (unpaired) electrons. The standard InChI is InChI=1S/C65H111NO18/c1-3-5-7-9-11-13-15-17-19-21-23-25-26-28-30-32-34-36-38-40-42-49(70)48(66-53(71)43-41-39-37-35-33-31-29-27-24-22-20-18-16-14-12-10-8-6-4-2)47-79-63-59(77)56(74)61(51(45-68)81-63)84-65-60(78)57(75)62(52(46-69)82-65)83-64-58(76)55(73)54(72)50(44-67)80-64/h6,8,12,14,18,20,24,27,31-34,40,42,48-52,54-65,67-70,72-78H,3-5,7,9-11,13,15-17,19,21-23,25-26,28-30,35-39,41,43-47H2,1-2H3,(H,66,71)/b8-6-,14-12-,20-18-,27-24-,33-31-,34-32+,42-40+. The summed E-state index contributed by atoms with van der Waals surface area (Å²) < 4.78 is 34.2. The third kappa shape index (κ3) is 29.8. The van der Waals surface area contributed by atoms with E-state index in [9.17, 15) is 61.0 Å². The maximum Gasteiger partial charge on any atom is 0.220 e. The van der Waals surface area contributed by atoms with Crippen molar-refractivity contribution in [3.63, 3.8) is 0 Å². The van der Waals surface area contributed by atoms with Gasteiger partial charge >= 0.3 is 0 Å². The van der Waals surface area contributed by atoms with E-state index in [1.807, 2.05) is 6.08 Å². The Hall–Kier alpha value is -3.03. The molecule has 3 aliphatic rings. The smallest absolute Gasteiger partial charge is 0.220 e. The van der Waals surface area contributed by atoms with E-state index in [0.717, 1.165) is 70.6 Å². The first-order chi connectivity index (χ1) is 40.8. The molecular weight excluding hydrogens is 1080 g/mol. The van der Waals surface area contributed by atoms with E-state index < -0.39 is 124 Å². The van der Waals surface area contributed by atoms with Crippen molar-refractivity contribution >= 4 is 5.91 Å². The first-order valence-corrected chi connectivity index (χ1v) is 31.8. The van der Waals surface area contributed by atoms with Crippen molar-refractivity contribution < 1.29 is 89.4 Å². The van der Waals surface area contributed by atoms with Crippen LogP contribution >= 0.6 is 0 Å². The van der Waals surface area contributed by atoms with Gasteiger partial charge in [0.2, 0.25) is 5.91 Å². The van der Waals surface area contributed by atoms with Crippen LogP contribution in [0.4, 0.5) is 0 Å². The van der Waals surface area contributed by atoms with Crippen LogP contribution in [-0.4, -0.2) is 193 Å². The van der Waals surface area contributed by atoms with E-state index in [2.05, 4.69) is 92.1 Å². The van der Waals surface area contributed by atoms with E-state index in [0.29, 0.717) is 12.8 Å². The Balaban J connectivity index is 1.51. The molecule has 484 valence electrons. The Kier molecular flexibility index (Phi) is 42.1. The molecule has 17 unspecified atom stereocenters. The van der Waals surface area contributed by atoms with E-state index in [-0.39, 0.29) is 18.9 Å². The van der Waals surface area contributed by atoms with Crippen LogP contribution in [0.25, 0.3) is 0 Å². The molecule has 19 nitrogen and oxygen atoms in total. The molecule has 0 aromatic heterocycles. The van der Waals surface area contributed by atoms with Gasteiger partial charge in [-0.1, -0.05) is 189 Å². The SMILES string of the molecule is CC/C=C\C/C=C\C/C=C\C/C=C\C/C=C\CCCCCC(=O)NC(COC1OC(CO)C(OC2OC(CO)C(OC3OC(CO)C(O)C(O)C3O)C(O)C2O)C(O)C1O)C(O)/C=C/CC/C=C/CCCCCCCCCCCCCCCC. The molecule has 3 heterocycles. The number of unbranched alkanes of at least 4 members (excludes halogenated alkanes) is 18. The zero-order chi connectivity index (χ0) is 61.2. The number of carbonyl (C=O) groups excluding carboxylic acids is 1. The molecule has 1 amide bonds. The summed E-state index contributed by atoms with van der Waals surface area (Å²) >= 11 is 0. The van der Waals surface area contributed by atoms with Crippen molar-refractivity contribution in [1.29, 1.82) is 0 Å². The van der Waals surface area contributed by atoms with Crippen LogP contribution in [0.1, 0.15) is 187 Å². The van der Waals surface area contributed by atoms with E-state index in [1.54, 1.807) is 6.08 Å². The summed E-state index contributed by atoms with van der Waals surface area (Å²) in [5.74, 6) is -0.320. The topological polar surface area (TPSA) is 307 Å². The molecule has 3 rings (SSSR count). The van der Waals surface area contributed by atoms with Crippen molar-refractivity contribution in [3.8, 4) is 0 Å². The molecule has 12 N–H and O–H groups in total. The highest BCUT2D eigenvalue weighted by atomic mass is 16.8. The fourth-order valence-corrected chi connectivity index (χ4v) is 10.2. The lowest BCUT2D eigenvalue weighted by atomic mass is 9.96. The molecule has 0 saturated carbocycles. The number of amides is 1. The van der Waals surface area contributed by atoms with E-state index in [4.69, 9.17) is 28.4 Å². The van der Waals surface area contributed by atoms with Crippen LogP contribution in [-0.2, 0) is 33.2 Å². The summed E-state index contributed by atoms with van der Waals surface area (Å²) in [6.45, 7) is 1.55. The molecule has 0 aliphatic carbocycles. The average molecular weight is 1190 g/mol. The number of rotatable bonds is 46. The maximum atomic E-state index is 13.3. The van der Waals surface area contributed by atoms with E-state index >= 15 is 0 Å². The third-order valence-electron chi connectivity index (χ3n) is 15.4. The van der Waals surface area contributed by atoms with Crippen LogP contribution in [0.2, 0.25) is 0 Å². The summed E-state index contributed by atoms with van der Waals surface area (Å²) in [5.41, 5.74) is 0. The lowest BCUT2D eigenvalue weighted by molar-refractivity contribution is -0.379. The molecule has 0 bridgehead atoms. The zero-order valence-corrected chi connectivity index (χ0v) is 50.6. The van der Waals surface area contributed by atoms with Crippen molar-refractivity contribution in [3.05, 3.63) is 85.1 Å². The van der Waals surface area contributed by atoms with Gasteiger partial charge in [0.15, 0.2) is 18.9 Å². The fraction of sp³-hybridized carbons (Fsp3) is 0.769. The molecule has 19 heteroatoms. The summed E-state index contributed by atoms with van der Waals surface area (Å²) in [6, 6.07) is -1.01. The molecule has 0 aromatic rings. The van der Waals surface area contributed by atoms with Gasteiger partial charge < -0.3 is 89.9 Å². The normalized spacial score (nSPS) is 29.8. The predicted octanol–water partition coefficient (Wildman–Crippen LogP) is 6.76. The van der Waals surface area contributed by atoms with Crippen molar-refractivity contribution in [1.82, 2.24) is 5.32 Å². The molecule has 3 aliphatic heterocycles. The Morgan fingerprint density at radius 1 is 0.440 bits per heavy atom. The average Bonchev–Trinajstić information content (AvgIpc) is 2.79. The number of nitrogens with one attached hydrogen (secondary N) is 1. The number of aliphatic hydroxyl groups is 11. The van der Waals surface area contributed by atoms with Gasteiger partial charge in [0.25, 0.3) is 0 Å². The Bertz CT molecular complexity index is 1860. The number of allylic oxidation sites excluding steroid dienone is 13. The second kappa shape index (κ2) is 47.0. The van der Waals surface area contributed by atoms with Gasteiger partial charge in [-0.25, -0.2) is 0 Å². The molecule has 3 saturated heterocycles. The molecule has 0 aromatic carbocycles. The lowest BCUT2D eigenvalue weighted by Crippen LogP contribution is -2.66. The van der Waals surface area contributed by atoms with Crippen LogP contribution in [0, 0.1) is 0 Å². The number of hydrogen-bond donors (Lipinski definition) is 12. The second-order valence-corrected chi connectivity index (χ2v) is 22.5. The van der Waals surface area contributed by atoms with Crippen LogP contribution in [0.5, 0.6) is 0 Å². The number of aliphatic hydroxyl groups excluding tert-OH is 11. The highest BCUT2D eigenvalue weighted by Crippen LogP contribution is 2.33. The van der Waals surface area contributed by atoms with Gasteiger partial charge in [0.1, 0.15) is 73.2 Å². The molecule has 0 spiro atoms. The molecule has 17 atom stereocenters. The first kappa shape index (κ1) is 75.2. The van der Waals surface area contributed by atoms with Crippen LogP contribution in [0.3, 0.4) is 0 Å². The number of ether oxygens (including phenoxy) is 6. The maximum absolute atomic E-state index is 13.3. The van der Waals surface area contributed by atoms with Crippen LogP contribution < -0.4 is 5.32 Å². The summed E-state index contributed by atoms with van der Waals surface area (Å²) in [4.78, 5) is 13.3. The van der Waals surface area contributed by atoms with Crippen LogP contribution in [0.15, 0.2) is 85.1 Å². The molecule has 3 fully saturated rings. The quantitative estimate of drug-likeness (QED) is 0.0221. The monoisotopic (exact) mass is 1190 g/mol. The predicted molar refractivity (Wildman–Crippen MR) is 323 cm³/mol. The van der Waals surface area contributed by atoms with E-state index in [1.165, 1.54) is 83.5 Å². The van der Waals surface area contributed by atoms with Gasteiger partial charge in [0.05, 0.1) is 38.6 Å². The summed E-state index contributed by atoms with van der Waals surface area (Å²) in [6.07, 6.45) is 31.3. The third-order valence-corrected chi connectivity index (χ3v) is 15.4. The van der Waals surface area contributed by atoms with Gasteiger partial charge in [-0.15, -0.1) is 0 Å². The minimum atomic E-state index is -1.99. The van der Waals surface area contributed by atoms with Gasteiger partial charge in [-0.2, -0.15) is 0 Å². The second-order valence-electron chi connectivity index (χ2n) is 22.5. The van der Waals surface area contributed by atoms with Gasteiger partial charge in [0, 0.05) is 6.42 Å². The zero-order valence-electron chi connectivity index (χ0n) is 50.6. The highest BCUT2D eigenvalue weighted by Gasteiger charge is 2.53. The summed E-state index contributed by atoms with van der Waals surface area (Å²) in [5, 5.41) is 120. The fourth-order valence-electron chi connectivity index (χ4n) is 10.2. The number of carbonyl (C=O) groups is 1. The van der Waals surface area contributed by atoms with Crippen molar-refractivity contribution in [2.45, 2.75) is 291 Å². The van der Waals surface area contributed by atoms with Gasteiger partial charge in [-0.3, -0.25) is 4.79 Å². The first-order valence-electron chi connectivity index (χ1n) is 31.8. The van der Waals surface area contributed by atoms with Gasteiger partial charge in [-0.05, 0) is 77.0 Å². The number of hydrogen-bond acceptors (Lipinski definition) is 18. The summed E-state index contributed by atoms with van der Waals surface area (Å²) in [7, 11) is 0. The lowest BCUT2D eigenvalue weighted by Gasteiger charge is -2.48.